The molecule has 2 aromatic rings. The van der Waals surface area contributed by atoms with E-state index in [1.54, 1.807) is 22.3 Å². The Hall–Kier alpha value is -2.98. The van der Waals surface area contributed by atoms with E-state index < -0.39 is 4.92 Å². The minimum absolute atomic E-state index is 0.0456. The number of non-ortho nitro benzene ring substituents is 1. The molecule has 0 radical (unpaired) electrons. The van der Waals surface area contributed by atoms with Crippen molar-refractivity contribution < 1.29 is 14.5 Å². The van der Waals surface area contributed by atoms with E-state index in [0.29, 0.717) is 23.1 Å². The lowest BCUT2D eigenvalue weighted by atomic mass is 10.2. The first-order valence-electron chi connectivity index (χ1n) is 9.58. The van der Waals surface area contributed by atoms with Gasteiger partial charge in [0.05, 0.1) is 10.7 Å². The third-order valence-electron chi connectivity index (χ3n) is 4.19. The average molecular weight is 459 g/mol. The molecule has 0 fully saturated rings. The van der Waals surface area contributed by atoms with E-state index in [9.17, 15) is 19.7 Å². The van der Waals surface area contributed by atoms with E-state index in [0.717, 1.165) is 9.75 Å². The second-order valence-corrected chi connectivity index (χ2v) is 9.58. The van der Waals surface area contributed by atoms with Crippen LogP contribution < -0.4 is 5.32 Å². The first-order chi connectivity index (χ1) is 14.7. The second-order valence-electron chi connectivity index (χ2n) is 7.32. The molecule has 8 nitrogen and oxygen atoms in total. The number of nitro groups is 1. The Balaban J connectivity index is 1.68. The number of amidine groups is 1. The van der Waals surface area contributed by atoms with E-state index >= 15 is 0 Å². The van der Waals surface area contributed by atoms with Crippen molar-refractivity contribution in [3.63, 3.8) is 0 Å². The van der Waals surface area contributed by atoms with Gasteiger partial charge in [-0.15, -0.1) is 11.3 Å². The highest BCUT2D eigenvalue weighted by Crippen LogP contribution is 2.27. The Kier molecular flexibility index (Phi) is 7.24. The summed E-state index contributed by atoms with van der Waals surface area (Å²) in [4.78, 5) is 43.6. The van der Waals surface area contributed by atoms with Crippen molar-refractivity contribution in [1.82, 2.24) is 4.90 Å². The first-order valence-corrected chi connectivity index (χ1v) is 11.4. The number of thioether (sulfide) groups is 1. The van der Waals surface area contributed by atoms with E-state index in [4.69, 9.17) is 0 Å². The van der Waals surface area contributed by atoms with Crippen LogP contribution in [-0.4, -0.2) is 39.1 Å². The molecule has 0 unspecified atom stereocenters. The van der Waals surface area contributed by atoms with Gasteiger partial charge in [0, 0.05) is 34.1 Å². The maximum Gasteiger partial charge on any atom is 0.278 e. The number of aryl methyl sites for hydroxylation is 1. The summed E-state index contributed by atoms with van der Waals surface area (Å²) in [5, 5.41) is 13.9. The van der Waals surface area contributed by atoms with Crippen LogP contribution in [0.5, 0.6) is 0 Å². The van der Waals surface area contributed by atoms with Crippen LogP contribution in [0.1, 0.15) is 23.6 Å². The topological polar surface area (TPSA) is 105 Å². The summed E-state index contributed by atoms with van der Waals surface area (Å²) >= 11 is 2.78. The summed E-state index contributed by atoms with van der Waals surface area (Å²) < 4.78 is 0. The van der Waals surface area contributed by atoms with Crippen molar-refractivity contribution in [3.05, 3.63) is 62.0 Å². The predicted octanol–water partition coefficient (Wildman–Crippen LogP) is 4.53. The lowest BCUT2D eigenvalue weighted by molar-refractivity contribution is -0.384. The van der Waals surface area contributed by atoms with E-state index in [2.05, 4.69) is 10.3 Å². The summed E-state index contributed by atoms with van der Waals surface area (Å²) in [5.74, 6) is -0.154. The number of amides is 2. The lowest BCUT2D eigenvalue weighted by Gasteiger charge is -2.19. The van der Waals surface area contributed by atoms with Crippen molar-refractivity contribution >= 4 is 57.5 Å². The molecule has 3 rings (SSSR count). The molecule has 0 bridgehead atoms. The van der Waals surface area contributed by atoms with Gasteiger partial charge < -0.3 is 5.32 Å². The normalized spacial score (nSPS) is 15.0. The maximum atomic E-state index is 12.9. The molecule has 1 aliphatic heterocycles. The first kappa shape index (κ1) is 22.7. The fourth-order valence-electron chi connectivity index (χ4n) is 2.83. The minimum atomic E-state index is -0.497. The number of aliphatic imine (C=N–C) groups is 1. The number of rotatable bonds is 7. The summed E-state index contributed by atoms with van der Waals surface area (Å²) in [7, 11) is 0. The highest BCUT2D eigenvalue weighted by Gasteiger charge is 2.31. The van der Waals surface area contributed by atoms with Crippen molar-refractivity contribution in [3.8, 4) is 0 Å². The van der Waals surface area contributed by atoms with Gasteiger partial charge >= 0.3 is 0 Å². The molecule has 2 amide bonds. The van der Waals surface area contributed by atoms with Crippen LogP contribution >= 0.6 is 23.1 Å². The fraction of sp³-hybridized carbons (Fsp3) is 0.286. The number of thiophene rings is 1. The van der Waals surface area contributed by atoms with Gasteiger partial charge in [-0.1, -0.05) is 25.6 Å². The van der Waals surface area contributed by atoms with Gasteiger partial charge in [0.25, 0.3) is 11.6 Å². The van der Waals surface area contributed by atoms with Gasteiger partial charge in [-0.05, 0) is 43.2 Å². The SMILES string of the molecule is Cc1ccc(/C=C2/N=C(SCC(=O)Nc3ccc([N+](=O)[O-])cc3)N(CC(C)C)C2=O)s1. The van der Waals surface area contributed by atoms with Crippen molar-refractivity contribution in [2.75, 3.05) is 17.6 Å². The Bertz CT molecular complexity index is 1060. The number of anilines is 1. The van der Waals surface area contributed by atoms with Crippen molar-refractivity contribution in [1.29, 1.82) is 0 Å². The van der Waals surface area contributed by atoms with Gasteiger partial charge in [-0.3, -0.25) is 24.6 Å². The molecule has 1 aromatic carbocycles. The van der Waals surface area contributed by atoms with Crippen molar-refractivity contribution in [2.24, 2.45) is 10.9 Å². The molecule has 1 aromatic heterocycles. The molecule has 1 aliphatic rings. The van der Waals surface area contributed by atoms with E-state index in [-0.39, 0.29) is 29.2 Å². The molecule has 162 valence electrons. The number of carbonyl (C=O) groups is 2. The zero-order valence-corrected chi connectivity index (χ0v) is 19.0. The van der Waals surface area contributed by atoms with E-state index in [1.165, 1.54) is 36.0 Å². The summed E-state index contributed by atoms with van der Waals surface area (Å²) in [6, 6.07) is 9.56. The molecule has 10 heteroatoms. The maximum absolute atomic E-state index is 12.9. The summed E-state index contributed by atoms with van der Waals surface area (Å²) in [6.45, 7) is 6.54. The number of nitrogens with zero attached hydrogens (tertiary/aromatic N) is 3. The van der Waals surface area contributed by atoms with Gasteiger partial charge in [0.1, 0.15) is 5.70 Å². The molecule has 0 aliphatic carbocycles. The molecule has 1 N–H and O–H groups in total. The van der Waals surface area contributed by atoms with Crippen LogP contribution in [0.2, 0.25) is 0 Å². The fourth-order valence-corrected chi connectivity index (χ4v) is 4.45. The van der Waals surface area contributed by atoms with Crippen LogP contribution in [0, 0.1) is 23.0 Å². The van der Waals surface area contributed by atoms with E-state index in [1.807, 2.05) is 32.9 Å². The zero-order chi connectivity index (χ0) is 22.5. The molecule has 0 atom stereocenters. The van der Waals surface area contributed by atoms with Crippen LogP contribution in [0.25, 0.3) is 6.08 Å². The third-order valence-corrected chi connectivity index (χ3v) is 6.12. The van der Waals surface area contributed by atoms with Gasteiger partial charge in [0.2, 0.25) is 5.91 Å². The minimum Gasteiger partial charge on any atom is -0.325 e. The summed E-state index contributed by atoms with van der Waals surface area (Å²) in [5.41, 5.74) is 0.782. The van der Waals surface area contributed by atoms with Gasteiger partial charge in [0.15, 0.2) is 5.17 Å². The number of nitro benzene ring substituents is 1. The van der Waals surface area contributed by atoms with Gasteiger partial charge in [-0.2, -0.15) is 0 Å². The molecule has 0 spiro atoms. The Morgan fingerprint density at radius 2 is 2.00 bits per heavy atom. The largest absolute Gasteiger partial charge is 0.325 e. The standard InChI is InChI=1S/C21H22N4O4S2/c1-13(2)11-24-20(27)18(10-17-9-4-14(3)31-17)23-21(24)30-12-19(26)22-15-5-7-16(8-6-15)25(28)29/h4-10,13H,11-12H2,1-3H3,(H,22,26)/b18-10+. The van der Waals surface area contributed by atoms with Gasteiger partial charge in [-0.25, -0.2) is 4.99 Å². The molecular weight excluding hydrogens is 436 g/mol. The molecule has 0 saturated heterocycles. The predicted molar refractivity (Wildman–Crippen MR) is 125 cm³/mol. The number of nitrogens with one attached hydrogen (secondary N) is 1. The monoisotopic (exact) mass is 458 g/mol. The zero-order valence-electron chi connectivity index (χ0n) is 17.3. The number of hydrogen-bond acceptors (Lipinski definition) is 7. The average Bonchev–Trinajstić information content (AvgIpc) is 3.24. The summed E-state index contributed by atoms with van der Waals surface area (Å²) in [6.07, 6.45) is 1.78. The van der Waals surface area contributed by atoms with Crippen LogP contribution in [0.15, 0.2) is 47.1 Å². The van der Waals surface area contributed by atoms with Crippen LogP contribution in [0.3, 0.4) is 0 Å². The Morgan fingerprint density at radius 3 is 2.58 bits per heavy atom. The third kappa shape index (κ3) is 6.02. The van der Waals surface area contributed by atoms with Crippen molar-refractivity contribution in [2.45, 2.75) is 20.8 Å². The van der Waals surface area contributed by atoms with Crippen LogP contribution in [0.4, 0.5) is 11.4 Å². The smallest absolute Gasteiger partial charge is 0.278 e. The van der Waals surface area contributed by atoms with Crippen LogP contribution in [-0.2, 0) is 9.59 Å². The number of benzene rings is 1. The Labute approximate surface area is 188 Å². The second kappa shape index (κ2) is 9.88. The highest BCUT2D eigenvalue weighted by atomic mass is 32.2. The molecule has 0 saturated carbocycles. The highest BCUT2D eigenvalue weighted by molar-refractivity contribution is 8.14. The Morgan fingerprint density at radius 1 is 1.29 bits per heavy atom. The number of carbonyl (C=O) groups excluding carboxylic acids is 2. The molecule has 31 heavy (non-hydrogen) atoms. The molecular formula is C21H22N4O4S2. The quantitative estimate of drug-likeness (QED) is 0.373. The lowest BCUT2D eigenvalue weighted by Crippen LogP contribution is -2.34. The number of hydrogen-bond donors (Lipinski definition) is 1. The molecule has 2 heterocycles.